The molecule has 1 aliphatic rings. The van der Waals surface area contributed by atoms with E-state index < -0.39 is 0 Å². The Hall–Kier alpha value is -2.05. The van der Waals surface area contributed by atoms with Gasteiger partial charge in [0.05, 0.1) is 13.2 Å². The highest BCUT2D eigenvalue weighted by Gasteiger charge is 2.18. The highest BCUT2D eigenvalue weighted by molar-refractivity contribution is 5.82. The molecule has 104 valence electrons. The Balaban J connectivity index is 1.95. The zero-order chi connectivity index (χ0) is 13.7. The van der Waals surface area contributed by atoms with Gasteiger partial charge < -0.3 is 20.7 Å². The molecule has 19 heavy (non-hydrogen) atoms. The summed E-state index contributed by atoms with van der Waals surface area (Å²) in [5, 5.41) is 2.94. The minimum atomic E-state index is 0.0634. The molecule has 1 aromatic rings. The zero-order valence-corrected chi connectivity index (χ0v) is 11.1. The minimum absolute atomic E-state index is 0.0634. The first-order valence-electron chi connectivity index (χ1n) is 6.47. The molecule has 0 saturated carbocycles. The molecule has 1 aromatic heterocycles. The molecule has 3 N–H and O–H groups in total. The van der Waals surface area contributed by atoms with E-state index in [1.807, 2.05) is 11.8 Å². The third-order valence-electron chi connectivity index (χ3n) is 2.99. The summed E-state index contributed by atoms with van der Waals surface area (Å²) in [7, 11) is 0. The largest absolute Gasteiger partial charge is 0.476 e. The normalized spacial score (nSPS) is 14.5. The second-order valence-corrected chi connectivity index (χ2v) is 4.32. The molecule has 2 heterocycles. The van der Waals surface area contributed by atoms with Crippen LogP contribution in [0.2, 0.25) is 0 Å². The Kier molecular flexibility index (Phi) is 4.38. The Labute approximate surface area is 112 Å². The van der Waals surface area contributed by atoms with Gasteiger partial charge in [0.15, 0.2) is 5.82 Å². The van der Waals surface area contributed by atoms with Crippen LogP contribution in [0.3, 0.4) is 0 Å². The van der Waals surface area contributed by atoms with Crippen LogP contribution in [0.5, 0.6) is 5.88 Å². The molecule has 1 fully saturated rings. The predicted octanol–water partition coefficient (Wildman–Crippen LogP) is 0.492. The summed E-state index contributed by atoms with van der Waals surface area (Å²) in [6.45, 7) is 4.19. The van der Waals surface area contributed by atoms with Crippen LogP contribution in [0.1, 0.15) is 19.8 Å². The van der Waals surface area contributed by atoms with Crippen molar-refractivity contribution in [2.75, 3.05) is 37.3 Å². The average Bonchev–Trinajstić information content (AvgIpc) is 2.94. The molecule has 0 bridgehead atoms. The van der Waals surface area contributed by atoms with Crippen LogP contribution in [-0.4, -0.2) is 47.0 Å². The summed E-state index contributed by atoms with van der Waals surface area (Å²) >= 11 is 0. The fourth-order valence-electron chi connectivity index (χ4n) is 2.01. The monoisotopic (exact) mass is 265 g/mol. The molecule has 2 rings (SSSR count). The van der Waals surface area contributed by atoms with Gasteiger partial charge in [0, 0.05) is 13.1 Å². The molecule has 1 amide bonds. The number of carbonyl (C=O) groups excluding carboxylic acids is 1. The Morgan fingerprint density at radius 3 is 2.89 bits per heavy atom. The van der Waals surface area contributed by atoms with Crippen LogP contribution in [0.4, 0.5) is 11.5 Å². The topological polar surface area (TPSA) is 93.4 Å². The van der Waals surface area contributed by atoms with Gasteiger partial charge in [0.1, 0.15) is 12.0 Å². The summed E-state index contributed by atoms with van der Waals surface area (Å²) in [5.74, 6) is 0.841. The van der Waals surface area contributed by atoms with Crippen LogP contribution in [0.25, 0.3) is 0 Å². The van der Waals surface area contributed by atoms with Gasteiger partial charge in [0.25, 0.3) is 0 Å². The number of likely N-dealkylation sites (tertiary alicyclic amines) is 1. The van der Waals surface area contributed by atoms with E-state index in [0.717, 1.165) is 25.9 Å². The lowest BCUT2D eigenvalue weighted by Gasteiger charge is -2.16. The van der Waals surface area contributed by atoms with Gasteiger partial charge in [-0.25, -0.2) is 4.98 Å². The Morgan fingerprint density at radius 2 is 2.21 bits per heavy atom. The number of carbonyl (C=O) groups is 1. The molecule has 0 atom stereocenters. The van der Waals surface area contributed by atoms with E-state index in [1.54, 1.807) is 0 Å². The summed E-state index contributed by atoms with van der Waals surface area (Å²) < 4.78 is 5.27. The quantitative estimate of drug-likeness (QED) is 0.805. The predicted molar refractivity (Wildman–Crippen MR) is 71.9 cm³/mol. The number of hydrogen-bond donors (Lipinski definition) is 2. The van der Waals surface area contributed by atoms with E-state index in [-0.39, 0.29) is 12.5 Å². The van der Waals surface area contributed by atoms with Gasteiger partial charge in [-0.3, -0.25) is 4.79 Å². The molecule has 0 unspecified atom stereocenters. The summed E-state index contributed by atoms with van der Waals surface area (Å²) in [6.07, 6.45) is 3.52. The molecule has 0 radical (unpaired) electrons. The second kappa shape index (κ2) is 6.21. The number of nitrogen functional groups attached to an aromatic ring is 1. The van der Waals surface area contributed by atoms with Crippen LogP contribution < -0.4 is 15.8 Å². The van der Waals surface area contributed by atoms with Crippen LogP contribution in [0, 0.1) is 0 Å². The smallest absolute Gasteiger partial charge is 0.242 e. The molecule has 1 aliphatic heterocycles. The number of hydrogen-bond acceptors (Lipinski definition) is 6. The summed E-state index contributed by atoms with van der Waals surface area (Å²) in [4.78, 5) is 21.7. The highest BCUT2D eigenvalue weighted by Crippen LogP contribution is 2.24. The molecule has 1 saturated heterocycles. The van der Waals surface area contributed by atoms with Gasteiger partial charge in [0.2, 0.25) is 11.8 Å². The van der Waals surface area contributed by atoms with Crippen LogP contribution >= 0.6 is 0 Å². The fourth-order valence-corrected chi connectivity index (χ4v) is 2.01. The average molecular weight is 265 g/mol. The lowest BCUT2D eigenvalue weighted by molar-refractivity contribution is -0.128. The molecular weight excluding hydrogens is 246 g/mol. The number of nitrogens with zero attached hydrogens (tertiary/aromatic N) is 3. The maximum Gasteiger partial charge on any atom is 0.242 e. The van der Waals surface area contributed by atoms with E-state index >= 15 is 0 Å². The standard InChI is InChI=1S/C12H19N5O2/c1-2-19-12-10(13)11(15-8-16-12)14-7-9(18)17-5-3-4-6-17/h8H,2-7,13H2,1H3,(H,14,15,16). The Morgan fingerprint density at radius 1 is 1.47 bits per heavy atom. The number of amides is 1. The van der Waals surface area contributed by atoms with Crippen LogP contribution in [-0.2, 0) is 4.79 Å². The molecule has 0 aromatic carbocycles. The lowest BCUT2D eigenvalue weighted by atomic mass is 10.4. The maximum absolute atomic E-state index is 11.9. The van der Waals surface area contributed by atoms with Crippen molar-refractivity contribution >= 4 is 17.4 Å². The third kappa shape index (κ3) is 3.24. The number of anilines is 2. The highest BCUT2D eigenvalue weighted by atomic mass is 16.5. The second-order valence-electron chi connectivity index (χ2n) is 4.32. The lowest BCUT2D eigenvalue weighted by Crippen LogP contribution is -2.33. The molecule has 7 heteroatoms. The van der Waals surface area contributed by atoms with Gasteiger partial charge in [-0.05, 0) is 19.8 Å². The van der Waals surface area contributed by atoms with Crippen molar-refractivity contribution in [3.05, 3.63) is 6.33 Å². The molecule has 0 aliphatic carbocycles. The van der Waals surface area contributed by atoms with Crippen molar-refractivity contribution in [3.63, 3.8) is 0 Å². The van der Waals surface area contributed by atoms with Crippen molar-refractivity contribution in [3.8, 4) is 5.88 Å². The molecule has 0 spiro atoms. The van der Waals surface area contributed by atoms with Crippen molar-refractivity contribution in [2.24, 2.45) is 0 Å². The van der Waals surface area contributed by atoms with E-state index in [0.29, 0.717) is 24.0 Å². The number of nitrogens with two attached hydrogens (primary N) is 1. The minimum Gasteiger partial charge on any atom is -0.476 e. The first-order chi connectivity index (χ1) is 9.22. The van der Waals surface area contributed by atoms with Crippen LogP contribution in [0.15, 0.2) is 6.33 Å². The number of nitrogens with one attached hydrogen (secondary N) is 1. The number of ether oxygens (including phenoxy) is 1. The van der Waals surface area contributed by atoms with E-state index in [9.17, 15) is 4.79 Å². The third-order valence-corrected chi connectivity index (χ3v) is 2.99. The van der Waals surface area contributed by atoms with Gasteiger partial charge in [-0.2, -0.15) is 4.98 Å². The molecular formula is C12H19N5O2. The van der Waals surface area contributed by atoms with E-state index in [1.165, 1.54) is 6.33 Å². The van der Waals surface area contributed by atoms with Gasteiger partial charge in [-0.1, -0.05) is 0 Å². The van der Waals surface area contributed by atoms with E-state index in [4.69, 9.17) is 10.5 Å². The first kappa shape index (κ1) is 13.4. The fraction of sp³-hybridized carbons (Fsp3) is 0.583. The summed E-state index contributed by atoms with van der Waals surface area (Å²) in [6, 6.07) is 0. The van der Waals surface area contributed by atoms with Crippen molar-refractivity contribution < 1.29 is 9.53 Å². The zero-order valence-electron chi connectivity index (χ0n) is 11.1. The molecule has 7 nitrogen and oxygen atoms in total. The van der Waals surface area contributed by atoms with Crippen molar-refractivity contribution in [1.82, 2.24) is 14.9 Å². The number of aromatic nitrogens is 2. The first-order valence-corrected chi connectivity index (χ1v) is 6.47. The van der Waals surface area contributed by atoms with Gasteiger partial charge in [-0.15, -0.1) is 0 Å². The van der Waals surface area contributed by atoms with Crippen molar-refractivity contribution in [2.45, 2.75) is 19.8 Å². The Bertz CT molecular complexity index is 446. The summed E-state index contributed by atoms with van der Waals surface area (Å²) in [5.41, 5.74) is 6.20. The number of rotatable bonds is 5. The maximum atomic E-state index is 11.9. The van der Waals surface area contributed by atoms with E-state index in [2.05, 4.69) is 15.3 Å². The SMILES string of the molecule is CCOc1ncnc(NCC(=O)N2CCCC2)c1N. The van der Waals surface area contributed by atoms with Crippen molar-refractivity contribution in [1.29, 1.82) is 0 Å². The van der Waals surface area contributed by atoms with Gasteiger partial charge >= 0.3 is 0 Å².